The van der Waals surface area contributed by atoms with Gasteiger partial charge in [0.25, 0.3) is 0 Å². The van der Waals surface area contributed by atoms with Crippen LogP contribution in [0.25, 0.3) is 11.0 Å². The van der Waals surface area contributed by atoms with Gasteiger partial charge < -0.3 is 10.3 Å². The van der Waals surface area contributed by atoms with Crippen LogP contribution < -0.4 is 5.73 Å². The number of aromatic nitrogens is 2. The molecule has 2 aromatic rings. The molecule has 1 heterocycles. The lowest BCUT2D eigenvalue weighted by atomic mass is 10.1. The maximum Gasteiger partial charge on any atom is 0.109 e. The summed E-state index contributed by atoms with van der Waals surface area (Å²) in [5.41, 5.74) is 7.78. The molecule has 3 nitrogen and oxygen atoms in total. The molecule has 0 saturated heterocycles. The first-order valence-corrected chi connectivity index (χ1v) is 7.34. The van der Waals surface area contributed by atoms with Gasteiger partial charge in [-0.15, -0.1) is 0 Å². The Kier molecular flexibility index (Phi) is 4.83. The molecule has 0 unspecified atom stereocenters. The molecule has 0 aliphatic heterocycles. The van der Waals surface area contributed by atoms with Gasteiger partial charge in [0, 0.05) is 18.0 Å². The molecule has 0 saturated carbocycles. The smallest absolute Gasteiger partial charge is 0.109 e. The third kappa shape index (κ3) is 3.48. The van der Waals surface area contributed by atoms with E-state index in [4.69, 9.17) is 22.3 Å². The van der Waals surface area contributed by atoms with Crippen LogP contribution >= 0.6 is 11.6 Å². The molecule has 0 spiro atoms. The van der Waals surface area contributed by atoms with Crippen LogP contribution in [-0.4, -0.2) is 16.1 Å². The highest BCUT2D eigenvalue weighted by Crippen LogP contribution is 2.22. The second kappa shape index (κ2) is 6.40. The van der Waals surface area contributed by atoms with Gasteiger partial charge in [0.2, 0.25) is 0 Å². The minimum atomic E-state index is 0.687. The summed E-state index contributed by atoms with van der Waals surface area (Å²) in [5, 5.41) is 0.742. The standard InChI is InChI=1S/C15H22ClN3/c1-11(2)7-9-19-14-6-5-12(16)10-13(14)18-15(19)4-3-8-17/h5-6,10-11H,3-4,7-9,17H2,1-2H3. The number of imidazole rings is 1. The summed E-state index contributed by atoms with van der Waals surface area (Å²) in [6.07, 6.45) is 3.06. The van der Waals surface area contributed by atoms with Crippen molar-refractivity contribution in [2.45, 2.75) is 39.7 Å². The van der Waals surface area contributed by atoms with Crippen LogP contribution in [0.5, 0.6) is 0 Å². The second-order valence-electron chi connectivity index (χ2n) is 5.39. The van der Waals surface area contributed by atoms with Gasteiger partial charge >= 0.3 is 0 Å². The Morgan fingerprint density at radius 3 is 2.84 bits per heavy atom. The maximum atomic E-state index is 6.04. The number of benzene rings is 1. The van der Waals surface area contributed by atoms with Gasteiger partial charge in [-0.3, -0.25) is 0 Å². The Bertz CT molecular complexity index is 546. The van der Waals surface area contributed by atoms with Gasteiger partial charge in [0.05, 0.1) is 11.0 Å². The lowest BCUT2D eigenvalue weighted by Crippen LogP contribution is -2.08. The van der Waals surface area contributed by atoms with Gasteiger partial charge in [-0.25, -0.2) is 4.98 Å². The molecule has 0 atom stereocenters. The summed E-state index contributed by atoms with van der Waals surface area (Å²) in [5.74, 6) is 1.82. The zero-order valence-electron chi connectivity index (χ0n) is 11.7. The minimum Gasteiger partial charge on any atom is -0.330 e. The molecule has 0 bridgehead atoms. The van der Waals surface area contributed by atoms with Crippen molar-refractivity contribution >= 4 is 22.6 Å². The number of nitrogens with two attached hydrogens (primary N) is 1. The van der Waals surface area contributed by atoms with Crippen LogP contribution in [0.3, 0.4) is 0 Å². The topological polar surface area (TPSA) is 43.8 Å². The number of rotatable bonds is 6. The van der Waals surface area contributed by atoms with Crippen molar-refractivity contribution in [3.05, 3.63) is 29.0 Å². The summed E-state index contributed by atoms with van der Waals surface area (Å²) >= 11 is 6.04. The van der Waals surface area contributed by atoms with Crippen LogP contribution in [0.1, 0.15) is 32.5 Å². The van der Waals surface area contributed by atoms with Crippen molar-refractivity contribution in [1.29, 1.82) is 0 Å². The first-order valence-electron chi connectivity index (χ1n) is 6.96. The van der Waals surface area contributed by atoms with E-state index in [2.05, 4.69) is 24.5 Å². The van der Waals surface area contributed by atoms with Crippen molar-refractivity contribution in [3.8, 4) is 0 Å². The lowest BCUT2D eigenvalue weighted by Gasteiger charge is -2.10. The molecule has 0 amide bonds. The van der Waals surface area contributed by atoms with E-state index in [0.29, 0.717) is 12.5 Å². The van der Waals surface area contributed by atoms with Crippen molar-refractivity contribution in [2.75, 3.05) is 6.54 Å². The quantitative estimate of drug-likeness (QED) is 0.877. The van der Waals surface area contributed by atoms with Crippen molar-refractivity contribution in [3.63, 3.8) is 0 Å². The third-order valence-corrected chi connectivity index (χ3v) is 3.56. The average molecular weight is 280 g/mol. The number of nitrogens with zero attached hydrogens (tertiary/aromatic N) is 2. The molecule has 0 aliphatic rings. The Balaban J connectivity index is 2.36. The van der Waals surface area contributed by atoms with Crippen LogP contribution in [0.15, 0.2) is 18.2 Å². The summed E-state index contributed by atoms with van der Waals surface area (Å²) in [7, 11) is 0. The number of hydrogen-bond donors (Lipinski definition) is 1. The largest absolute Gasteiger partial charge is 0.330 e. The third-order valence-electron chi connectivity index (χ3n) is 3.32. The molecule has 104 valence electrons. The zero-order valence-corrected chi connectivity index (χ0v) is 12.5. The predicted octanol–water partition coefficient (Wildman–Crippen LogP) is 3.63. The molecular weight excluding hydrogens is 258 g/mol. The van der Waals surface area contributed by atoms with Crippen LogP contribution in [0.2, 0.25) is 5.02 Å². The minimum absolute atomic E-state index is 0.687. The Labute approximate surface area is 119 Å². The molecule has 2 N–H and O–H groups in total. The van der Waals surface area contributed by atoms with Crippen LogP contribution in [0.4, 0.5) is 0 Å². The summed E-state index contributed by atoms with van der Waals surface area (Å²) in [6.45, 7) is 6.20. The fraction of sp³-hybridized carbons (Fsp3) is 0.533. The Hall–Kier alpha value is -1.06. The second-order valence-corrected chi connectivity index (χ2v) is 5.82. The molecule has 0 aliphatic carbocycles. The molecular formula is C15H22ClN3. The summed E-state index contributed by atoms with van der Waals surface area (Å²) in [4.78, 5) is 4.71. The molecule has 1 aromatic carbocycles. The van der Waals surface area contributed by atoms with Gasteiger partial charge in [-0.2, -0.15) is 0 Å². The molecule has 4 heteroatoms. The number of aryl methyl sites for hydroxylation is 2. The Morgan fingerprint density at radius 1 is 1.37 bits per heavy atom. The van der Waals surface area contributed by atoms with E-state index in [-0.39, 0.29) is 0 Å². The SMILES string of the molecule is CC(C)CCn1c(CCCN)nc2cc(Cl)ccc21. The van der Waals surface area contributed by atoms with Crippen molar-refractivity contribution in [1.82, 2.24) is 9.55 Å². The van der Waals surface area contributed by atoms with E-state index < -0.39 is 0 Å². The van der Waals surface area contributed by atoms with Crippen LogP contribution in [-0.2, 0) is 13.0 Å². The highest BCUT2D eigenvalue weighted by Gasteiger charge is 2.11. The van der Waals surface area contributed by atoms with E-state index in [9.17, 15) is 0 Å². The molecule has 0 radical (unpaired) electrons. The van der Waals surface area contributed by atoms with Crippen LogP contribution in [0, 0.1) is 5.92 Å². The lowest BCUT2D eigenvalue weighted by molar-refractivity contribution is 0.510. The number of hydrogen-bond acceptors (Lipinski definition) is 2. The highest BCUT2D eigenvalue weighted by molar-refractivity contribution is 6.31. The number of halogens is 1. The van der Waals surface area contributed by atoms with E-state index in [1.165, 1.54) is 5.52 Å². The molecule has 2 rings (SSSR count). The predicted molar refractivity (Wildman–Crippen MR) is 81.6 cm³/mol. The van der Waals surface area contributed by atoms with E-state index in [1.54, 1.807) is 0 Å². The first-order chi connectivity index (χ1) is 9.11. The molecule has 19 heavy (non-hydrogen) atoms. The summed E-state index contributed by atoms with van der Waals surface area (Å²) < 4.78 is 2.32. The fourth-order valence-electron chi connectivity index (χ4n) is 2.24. The molecule has 1 aromatic heterocycles. The van der Waals surface area contributed by atoms with Gasteiger partial charge in [-0.1, -0.05) is 25.4 Å². The number of fused-ring (bicyclic) bond motifs is 1. The summed E-state index contributed by atoms with van der Waals surface area (Å²) in [6, 6.07) is 5.94. The first kappa shape index (κ1) is 14.4. The van der Waals surface area contributed by atoms with Gasteiger partial charge in [-0.05, 0) is 43.5 Å². The van der Waals surface area contributed by atoms with E-state index >= 15 is 0 Å². The highest BCUT2D eigenvalue weighted by atomic mass is 35.5. The Morgan fingerprint density at radius 2 is 2.16 bits per heavy atom. The monoisotopic (exact) mass is 279 g/mol. The average Bonchev–Trinajstić information content (AvgIpc) is 2.70. The maximum absolute atomic E-state index is 6.04. The van der Waals surface area contributed by atoms with Crippen molar-refractivity contribution in [2.24, 2.45) is 11.7 Å². The van der Waals surface area contributed by atoms with Gasteiger partial charge in [0.15, 0.2) is 0 Å². The fourth-order valence-corrected chi connectivity index (χ4v) is 2.41. The van der Waals surface area contributed by atoms with Crippen molar-refractivity contribution < 1.29 is 0 Å². The molecule has 0 fully saturated rings. The normalized spacial score (nSPS) is 11.6. The van der Waals surface area contributed by atoms with E-state index in [1.807, 2.05) is 12.1 Å². The van der Waals surface area contributed by atoms with Gasteiger partial charge in [0.1, 0.15) is 5.82 Å². The zero-order chi connectivity index (χ0) is 13.8. The van der Waals surface area contributed by atoms with E-state index in [0.717, 1.165) is 42.2 Å².